The van der Waals surface area contributed by atoms with Crippen LogP contribution in [0, 0.1) is 35.5 Å². The van der Waals surface area contributed by atoms with Crippen molar-refractivity contribution in [1.29, 1.82) is 0 Å². The predicted octanol–water partition coefficient (Wildman–Crippen LogP) is 31.5. The maximum atomic E-state index is 11.1. The Labute approximate surface area is 771 Å². The number of hydrogen-bond acceptors (Lipinski definition) is 10. The van der Waals surface area contributed by atoms with E-state index in [-0.39, 0.29) is 0 Å². The molecule has 127 heavy (non-hydrogen) atoms. The van der Waals surface area contributed by atoms with Gasteiger partial charge in [0, 0.05) is 115 Å². The summed E-state index contributed by atoms with van der Waals surface area (Å²) in [6, 6.07) is 87.5. The number of para-hydroxylation sites is 6. The van der Waals surface area contributed by atoms with Gasteiger partial charge in [0.2, 0.25) is 0 Å². The smallest absolute Gasteiger partial charge is 0.163 e. The number of Topliss-reactive ketones (excluding diaryl/α,β-unsaturated/α-hetero) is 1. The Morgan fingerprint density at radius 3 is 1.36 bits per heavy atom. The molecule has 20 rings (SSSR count). The van der Waals surface area contributed by atoms with Gasteiger partial charge < -0.3 is 29.1 Å². The van der Waals surface area contributed by atoms with E-state index in [1.54, 1.807) is 6.33 Å². The lowest BCUT2D eigenvalue weighted by Gasteiger charge is -2.23. The number of thioether (sulfide) groups is 1. The molecule has 5 aliphatic heterocycles. The highest BCUT2D eigenvalue weighted by atomic mass is 32.2. The summed E-state index contributed by atoms with van der Waals surface area (Å²) in [5.74, 6) is 7.65. The number of imidazole rings is 1. The lowest BCUT2D eigenvalue weighted by atomic mass is 10.1. The average Bonchev–Trinajstić information content (AvgIpc) is 1.66. The van der Waals surface area contributed by atoms with E-state index in [2.05, 4.69) is 405 Å². The Hall–Kier alpha value is -10.5. The van der Waals surface area contributed by atoms with Crippen LogP contribution in [-0.4, -0.2) is 77.6 Å². The fourth-order valence-electron chi connectivity index (χ4n) is 13.1. The first kappa shape index (κ1) is 107. The largest absolute Gasteiger partial charge is 0.493 e. The quantitative estimate of drug-likeness (QED) is 0.176. The Bertz CT molecular complexity index is 4830. The minimum Gasteiger partial charge on any atom is -0.493 e. The topological polar surface area (TPSA) is 122 Å². The summed E-state index contributed by atoms with van der Waals surface area (Å²) in [6.45, 7) is 62.2. The predicted molar refractivity (Wildman–Crippen MR) is 553 cm³/mol. The highest BCUT2D eigenvalue weighted by molar-refractivity contribution is 7.99. The van der Waals surface area contributed by atoms with Crippen LogP contribution in [-0.2, 0) is 45.2 Å². The normalized spacial score (nSPS) is 12.7. The Morgan fingerprint density at radius 1 is 0.378 bits per heavy atom. The molecule has 0 saturated carbocycles. The Kier molecular flexibility index (Phi) is 50.2. The zero-order valence-corrected chi connectivity index (χ0v) is 83.3. The molecule has 2 N–H and O–H groups in total. The van der Waals surface area contributed by atoms with Gasteiger partial charge >= 0.3 is 0 Å². The third-order valence-corrected chi connectivity index (χ3v) is 20.0. The van der Waals surface area contributed by atoms with Crippen LogP contribution in [0.2, 0.25) is 0 Å². The maximum absolute atomic E-state index is 11.1. The fourth-order valence-corrected chi connectivity index (χ4v) is 14.1. The molecule has 13 heteroatoms. The van der Waals surface area contributed by atoms with E-state index in [0.717, 1.165) is 108 Å². The van der Waals surface area contributed by atoms with E-state index in [0.29, 0.717) is 36.4 Å². The van der Waals surface area contributed by atoms with Crippen LogP contribution in [0.3, 0.4) is 0 Å². The van der Waals surface area contributed by atoms with Crippen molar-refractivity contribution >= 4 is 72.7 Å². The molecule has 0 unspecified atom stereocenters. The molecule has 4 aromatic heterocycles. The molecule has 0 amide bonds. The van der Waals surface area contributed by atoms with Gasteiger partial charge in [0.25, 0.3) is 0 Å². The summed E-state index contributed by atoms with van der Waals surface area (Å²) in [7, 11) is 0. The van der Waals surface area contributed by atoms with E-state index in [9.17, 15) is 4.79 Å². The van der Waals surface area contributed by atoms with Crippen LogP contribution >= 0.6 is 11.8 Å². The van der Waals surface area contributed by atoms with Gasteiger partial charge in [0.1, 0.15) is 16.8 Å². The van der Waals surface area contributed by atoms with Gasteiger partial charge in [-0.05, 0) is 243 Å². The first-order valence-electron chi connectivity index (χ1n) is 46.9. The highest BCUT2D eigenvalue weighted by Crippen LogP contribution is 2.32. The maximum Gasteiger partial charge on any atom is 0.163 e. The van der Waals surface area contributed by atoms with Gasteiger partial charge in [-0.25, -0.2) is 9.61 Å². The van der Waals surface area contributed by atoms with Crippen LogP contribution in [0.5, 0.6) is 5.75 Å². The third kappa shape index (κ3) is 41.9. The summed E-state index contributed by atoms with van der Waals surface area (Å²) in [5, 5.41) is 14.5. The van der Waals surface area contributed by atoms with Crippen molar-refractivity contribution in [2.75, 3.05) is 35.7 Å². The molecule has 14 aromatic rings. The number of hydrogen-bond donors (Lipinski definition) is 2. The summed E-state index contributed by atoms with van der Waals surface area (Å²) in [4.78, 5) is 24.6. The molecule has 10 aromatic carbocycles. The molecule has 684 valence electrons. The summed E-state index contributed by atoms with van der Waals surface area (Å²) < 4.78 is 14.3. The van der Waals surface area contributed by atoms with Crippen molar-refractivity contribution in [2.45, 2.75) is 261 Å². The molecule has 1 aliphatic carbocycles. The van der Waals surface area contributed by atoms with Crippen LogP contribution in [0.25, 0.3) is 43.7 Å². The number of aryl methyl sites for hydroxylation is 2. The van der Waals surface area contributed by atoms with Crippen molar-refractivity contribution < 1.29 is 14.2 Å². The Balaban J connectivity index is 0.000000244. The number of ketones is 1. The molecular weight excluding hydrogens is 1580 g/mol. The van der Waals surface area contributed by atoms with Gasteiger partial charge in [0.05, 0.1) is 24.0 Å². The summed E-state index contributed by atoms with van der Waals surface area (Å²) in [5.41, 5.74) is 18.8. The van der Waals surface area contributed by atoms with E-state index in [1.165, 1.54) is 108 Å². The van der Waals surface area contributed by atoms with Crippen molar-refractivity contribution in [3.8, 4) is 5.75 Å². The van der Waals surface area contributed by atoms with Crippen LogP contribution < -0.4 is 15.0 Å². The minimum atomic E-state index is 0.301. The number of carbonyl (C=O) groups excluding carboxylic acids is 1. The van der Waals surface area contributed by atoms with Crippen molar-refractivity contribution in [3.63, 3.8) is 0 Å². The van der Waals surface area contributed by atoms with Crippen molar-refractivity contribution in [3.05, 3.63) is 318 Å². The second-order valence-corrected chi connectivity index (χ2v) is 38.8. The standard InChI is InChI=1S/C11H15N.C11H13N.C11H15N.C11H13N.C9H8O.C8H9N.C8H8O.C8H8S.C7H6N2.C6H4N2O.6C4H10/c2*1-9(2)12-7-10-5-3-4-6-11(10)8-12;2*1-9(2)12-8-7-10-5-3-4-6-11(10)12;10-9-6-5-7-3-1-2-4-8(7)9;3*1-2-4-8-7(3-1)5-6-9-8;1-2-4-7-6(3-1)8-5-9-7;1-2-4-6-5(3-1)7-9-8-6;6*1-4(2)3/h3-6,9H,7-8H2,1-2H3;3-9H,1-2H3;3-6,9H,7-8H2,1-2H3;3-9H,1-2H3;1-4H,5-6H2;1-4,9H,5-6H2;2*1-4H,5-6H2;1-5H,(H,8,9);1-4H;6*4H,1-3H3. The van der Waals surface area contributed by atoms with Crippen molar-refractivity contribution in [1.82, 2.24) is 34.3 Å². The number of rotatable bonds is 4. The molecule has 6 aliphatic rings. The zero-order valence-electron chi connectivity index (χ0n) is 82.5. The number of nitrogens with one attached hydrogen (secondary N) is 2. The van der Waals surface area contributed by atoms with Gasteiger partial charge in [-0.15, -0.1) is 11.8 Å². The van der Waals surface area contributed by atoms with Crippen molar-refractivity contribution in [2.24, 2.45) is 35.5 Å². The number of fused-ring (bicyclic) bond motifs is 10. The van der Waals surface area contributed by atoms with Gasteiger partial charge in [-0.2, -0.15) is 0 Å². The second-order valence-electron chi connectivity index (χ2n) is 37.6. The minimum absolute atomic E-state index is 0.301. The van der Waals surface area contributed by atoms with E-state index < -0.39 is 0 Å². The highest BCUT2D eigenvalue weighted by Gasteiger charge is 2.22. The first-order chi connectivity index (χ1) is 60.7. The van der Waals surface area contributed by atoms with E-state index in [1.807, 2.05) is 103 Å². The molecule has 9 heterocycles. The fraction of sp³-hybridized carbons (Fsp3) is 0.421. The second kappa shape index (κ2) is 59.5. The average molecular weight is 1740 g/mol. The molecule has 12 nitrogen and oxygen atoms in total. The van der Waals surface area contributed by atoms with Gasteiger partial charge in [0.15, 0.2) is 5.78 Å². The zero-order chi connectivity index (χ0) is 93.2. The van der Waals surface area contributed by atoms with Gasteiger partial charge in [-0.3, -0.25) is 9.69 Å². The number of benzene rings is 10. The molecule has 0 saturated heterocycles. The lowest BCUT2D eigenvalue weighted by molar-refractivity contribution is 0.0994. The molecular formula is C114H159N9O3S. The molecule has 0 radical (unpaired) electrons. The van der Waals surface area contributed by atoms with E-state index >= 15 is 0 Å². The monoisotopic (exact) mass is 1730 g/mol. The Morgan fingerprint density at radius 2 is 0.843 bits per heavy atom. The molecule has 0 bridgehead atoms. The van der Waals surface area contributed by atoms with E-state index in [4.69, 9.17) is 4.74 Å². The third-order valence-electron chi connectivity index (χ3n) is 18.9. The number of nitrogens with zero attached hydrogens (tertiary/aromatic N) is 7. The molecule has 0 fully saturated rings. The summed E-state index contributed by atoms with van der Waals surface area (Å²) >= 11 is 1.97. The number of ether oxygens (including phenoxy) is 1. The van der Waals surface area contributed by atoms with Crippen LogP contribution in [0.4, 0.5) is 11.4 Å². The molecule has 0 atom stereocenters. The lowest BCUT2D eigenvalue weighted by Crippen LogP contribution is -2.28. The molecule has 0 spiro atoms. The van der Waals surface area contributed by atoms with Crippen LogP contribution in [0.15, 0.2) is 283 Å². The SMILES string of the molecule is CC(C)C.CC(C)C.CC(C)C.CC(C)C.CC(C)C.CC(C)C.CC(C)N1CCc2ccccc21.CC(C)N1Cc2ccccc2C1.CC(C)n1cc2ccccc2c1.CC(C)n1ccc2ccccc21.O=C1CCc2ccccc21.c1ccc2[nH]cnc2c1.c1ccc2c(c1)CCN2.c1ccc2c(c1)CCO2.c1ccc2c(c1)CCS2.c1ccc2nonc2c1. The first-order valence-corrected chi connectivity index (χ1v) is 47.9. The van der Waals surface area contributed by atoms with Gasteiger partial charge in [-0.1, -0.05) is 313 Å². The number of aromatic nitrogens is 6. The number of carbonyl (C=O) groups is 1. The number of H-pyrrole nitrogens is 1. The van der Waals surface area contributed by atoms with Crippen LogP contribution in [0.1, 0.15) is 248 Å². The summed E-state index contributed by atoms with van der Waals surface area (Å²) in [6.07, 6.45) is 14.6. The number of aromatic amines is 1. The number of anilines is 2.